The van der Waals surface area contributed by atoms with Gasteiger partial charge in [-0.2, -0.15) is 0 Å². The first kappa shape index (κ1) is 12.0. The van der Waals surface area contributed by atoms with Crippen LogP contribution in [0.1, 0.15) is 26.2 Å². The third-order valence-corrected chi connectivity index (χ3v) is 3.13. The minimum absolute atomic E-state index is 0.200. The molecule has 1 amide bonds. The van der Waals surface area contributed by atoms with Crippen LogP contribution in [0.2, 0.25) is 0 Å². The Hall–Kier alpha value is -1.51. The van der Waals surface area contributed by atoms with Crippen LogP contribution in [-0.2, 0) is 4.74 Å². The molecular formula is C14H19NO2. The van der Waals surface area contributed by atoms with Gasteiger partial charge in [-0.15, -0.1) is 0 Å². The highest BCUT2D eigenvalue weighted by molar-refractivity contribution is 5.68. The minimum Gasteiger partial charge on any atom is -0.445 e. The Kier molecular flexibility index (Phi) is 4.02. The molecule has 3 nitrogen and oxygen atoms in total. The molecule has 0 radical (unpaired) electrons. The molecule has 92 valence electrons. The highest BCUT2D eigenvalue weighted by Gasteiger charge is 2.17. The summed E-state index contributed by atoms with van der Waals surface area (Å²) in [4.78, 5) is 13.5. The molecule has 0 fully saturated rings. The van der Waals surface area contributed by atoms with Gasteiger partial charge in [0.2, 0.25) is 0 Å². The van der Waals surface area contributed by atoms with Crippen LogP contribution in [-0.4, -0.2) is 30.7 Å². The highest BCUT2D eigenvalue weighted by Crippen LogP contribution is 2.13. The number of carbonyl (C=O) groups is 1. The van der Waals surface area contributed by atoms with Crippen molar-refractivity contribution in [1.29, 1.82) is 0 Å². The van der Waals surface area contributed by atoms with Crippen molar-refractivity contribution in [2.45, 2.75) is 26.2 Å². The van der Waals surface area contributed by atoms with Gasteiger partial charge < -0.3 is 9.64 Å². The van der Waals surface area contributed by atoms with E-state index in [9.17, 15) is 4.79 Å². The molecule has 0 aromatic heterocycles. The number of ether oxygens (including phenoxy) is 1. The van der Waals surface area contributed by atoms with Crippen molar-refractivity contribution in [2.24, 2.45) is 0 Å². The molecule has 0 bridgehead atoms. The van der Waals surface area contributed by atoms with Crippen molar-refractivity contribution >= 4 is 6.09 Å². The molecule has 17 heavy (non-hydrogen) atoms. The Labute approximate surface area is 102 Å². The van der Waals surface area contributed by atoms with Crippen molar-refractivity contribution in [3.8, 4) is 0 Å². The van der Waals surface area contributed by atoms with Crippen LogP contribution < -0.4 is 0 Å². The van der Waals surface area contributed by atoms with E-state index in [4.69, 9.17) is 4.74 Å². The molecule has 0 atom stereocenters. The van der Waals surface area contributed by atoms with Gasteiger partial charge in [0.05, 0.1) is 0 Å². The Morgan fingerprint density at radius 1 is 1.41 bits per heavy atom. The lowest BCUT2D eigenvalue weighted by Gasteiger charge is -2.24. The summed E-state index contributed by atoms with van der Waals surface area (Å²) in [6, 6.07) is 0. The summed E-state index contributed by atoms with van der Waals surface area (Å²) in [6.45, 7) is 3.95. The summed E-state index contributed by atoms with van der Waals surface area (Å²) in [5.41, 5.74) is 2.46. The van der Waals surface area contributed by atoms with Crippen LogP contribution in [0.15, 0.2) is 35.5 Å². The van der Waals surface area contributed by atoms with Crippen molar-refractivity contribution < 1.29 is 9.53 Å². The average Bonchev–Trinajstić information content (AvgIpc) is 2.38. The molecule has 0 aromatic carbocycles. The Morgan fingerprint density at radius 3 is 2.94 bits per heavy atom. The third-order valence-electron chi connectivity index (χ3n) is 3.13. The minimum atomic E-state index is -0.200. The molecule has 2 rings (SSSR count). The first-order valence-corrected chi connectivity index (χ1v) is 6.18. The lowest BCUT2D eigenvalue weighted by molar-refractivity contribution is 0.114. The standard InChI is InChI=1S/C14H19NO2/c1-12-7-9-15(10-8-12)14(16)17-11-13-5-3-2-4-6-13/h3,5-7H,2,4,8-11H2,1H3. The topological polar surface area (TPSA) is 29.5 Å². The fourth-order valence-electron chi connectivity index (χ4n) is 1.95. The summed E-state index contributed by atoms with van der Waals surface area (Å²) in [5, 5.41) is 0. The normalized spacial score (nSPS) is 19.7. The first-order chi connectivity index (χ1) is 8.25. The predicted octanol–water partition coefficient (Wildman–Crippen LogP) is 3.05. The molecule has 1 heterocycles. The number of carbonyl (C=O) groups excluding carboxylic acids is 1. The van der Waals surface area contributed by atoms with Gasteiger partial charge in [-0.05, 0) is 31.8 Å². The average molecular weight is 233 g/mol. The van der Waals surface area contributed by atoms with Crippen molar-refractivity contribution in [3.63, 3.8) is 0 Å². The zero-order valence-corrected chi connectivity index (χ0v) is 10.3. The molecule has 2 aliphatic rings. The van der Waals surface area contributed by atoms with Gasteiger partial charge in [0.15, 0.2) is 0 Å². The number of hydrogen-bond acceptors (Lipinski definition) is 2. The van der Waals surface area contributed by atoms with Crippen LogP contribution in [0.4, 0.5) is 4.79 Å². The maximum absolute atomic E-state index is 11.8. The second-order valence-corrected chi connectivity index (χ2v) is 4.56. The quantitative estimate of drug-likeness (QED) is 0.686. The van der Waals surface area contributed by atoms with E-state index in [2.05, 4.69) is 25.2 Å². The number of allylic oxidation sites excluding steroid dienone is 2. The van der Waals surface area contributed by atoms with E-state index < -0.39 is 0 Å². The second kappa shape index (κ2) is 5.71. The van der Waals surface area contributed by atoms with E-state index in [0.29, 0.717) is 13.2 Å². The summed E-state index contributed by atoms with van der Waals surface area (Å²) >= 11 is 0. The van der Waals surface area contributed by atoms with Gasteiger partial charge in [0.1, 0.15) is 6.61 Å². The summed E-state index contributed by atoms with van der Waals surface area (Å²) < 4.78 is 5.29. The predicted molar refractivity (Wildman–Crippen MR) is 67.8 cm³/mol. The van der Waals surface area contributed by atoms with Gasteiger partial charge in [-0.1, -0.05) is 29.9 Å². The lowest BCUT2D eigenvalue weighted by Crippen LogP contribution is -2.35. The molecule has 3 heteroatoms. The van der Waals surface area contributed by atoms with Gasteiger partial charge in [0.25, 0.3) is 0 Å². The second-order valence-electron chi connectivity index (χ2n) is 4.56. The van der Waals surface area contributed by atoms with E-state index >= 15 is 0 Å². The number of rotatable bonds is 2. The van der Waals surface area contributed by atoms with Crippen molar-refractivity contribution in [1.82, 2.24) is 4.90 Å². The van der Waals surface area contributed by atoms with Crippen LogP contribution in [0, 0.1) is 0 Å². The zero-order chi connectivity index (χ0) is 12.1. The van der Waals surface area contributed by atoms with Crippen LogP contribution in [0.25, 0.3) is 0 Å². The van der Waals surface area contributed by atoms with Gasteiger partial charge in [0, 0.05) is 13.1 Å². The number of nitrogens with zero attached hydrogens (tertiary/aromatic N) is 1. The van der Waals surface area contributed by atoms with Crippen LogP contribution in [0.5, 0.6) is 0 Å². The van der Waals surface area contributed by atoms with Gasteiger partial charge in [-0.3, -0.25) is 0 Å². The molecule has 0 aromatic rings. The Balaban J connectivity index is 1.78. The molecule has 1 aliphatic carbocycles. The van der Waals surface area contributed by atoms with Gasteiger partial charge >= 0.3 is 6.09 Å². The molecule has 0 saturated heterocycles. The van der Waals surface area contributed by atoms with Crippen LogP contribution in [0.3, 0.4) is 0 Å². The third kappa shape index (κ3) is 3.48. The van der Waals surface area contributed by atoms with E-state index in [-0.39, 0.29) is 6.09 Å². The maximum atomic E-state index is 11.8. The molecule has 0 unspecified atom stereocenters. The highest BCUT2D eigenvalue weighted by atomic mass is 16.6. The summed E-state index contributed by atoms with van der Waals surface area (Å²) in [6.07, 6.45) is 11.3. The van der Waals surface area contributed by atoms with E-state index in [0.717, 1.165) is 31.4 Å². The van der Waals surface area contributed by atoms with E-state index in [1.54, 1.807) is 4.90 Å². The molecular weight excluding hydrogens is 214 g/mol. The van der Waals surface area contributed by atoms with Crippen LogP contribution >= 0.6 is 0 Å². The SMILES string of the molecule is CC1=CCN(C(=O)OCC2=CCCC=C2)CC1. The van der Waals surface area contributed by atoms with Gasteiger partial charge in [-0.25, -0.2) is 4.79 Å². The lowest BCUT2D eigenvalue weighted by atomic mass is 10.1. The fraction of sp³-hybridized carbons (Fsp3) is 0.500. The fourth-order valence-corrected chi connectivity index (χ4v) is 1.95. The number of amides is 1. The smallest absolute Gasteiger partial charge is 0.410 e. The van der Waals surface area contributed by atoms with E-state index in [1.165, 1.54) is 5.57 Å². The zero-order valence-electron chi connectivity index (χ0n) is 10.3. The Bertz CT molecular complexity index is 380. The molecule has 0 N–H and O–H groups in total. The summed E-state index contributed by atoms with van der Waals surface area (Å²) in [7, 11) is 0. The maximum Gasteiger partial charge on any atom is 0.410 e. The Morgan fingerprint density at radius 2 is 2.29 bits per heavy atom. The van der Waals surface area contributed by atoms with Crippen molar-refractivity contribution in [2.75, 3.05) is 19.7 Å². The monoisotopic (exact) mass is 233 g/mol. The number of hydrogen-bond donors (Lipinski definition) is 0. The molecule has 1 aliphatic heterocycles. The van der Waals surface area contributed by atoms with E-state index in [1.807, 2.05) is 6.08 Å². The first-order valence-electron chi connectivity index (χ1n) is 6.18. The van der Waals surface area contributed by atoms with Crippen molar-refractivity contribution in [3.05, 3.63) is 35.5 Å². The largest absolute Gasteiger partial charge is 0.445 e. The molecule has 0 spiro atoms. The summed E-state index contributed by atoms with van der Waals surface area (Å²) in [5.74, 6) is 0. The molecule has 0 saturated carbocycles.